The number of H-pyrrole nitrogens is 1. The summed E-state index contributed by atoms with van der Waals surface area (Å²) >= 11 is 0. The van der Waals surface area contributed by atoms with Gasteiger partial charge in [-0.25, -0.2) is 4.68 Å². The van der Waals surface area contributed by atoms with Crippen LogP contribution in [0.3, 0.4) is 0 Å². The molecule has 2 fully saturated rings. The van der Waals surface area contributed by atoms with Crippen LogP contribution in [0.15, 0.2) is 23.0 Å². The number of likely N-dealkylation sites (tertiary alicyclic amines) is 1. The maximum absolute atomic E-state index is 12.8. The Kier molecular flexibility index (Phi) is 3.92. The summed E-state index contributed by atoms with van der Waals surface area (Å²) in [7, 11) is 0. The van der Waals surface area contributed by atoms with Gasteiger partial charge in [0.15, 0.2) is 0 Å². The van der Waals surface area contributed by atoms with Crippen molar-refractivity contribution in [1.82, 2.24) is 14.7 Å². The van der Waals surface area contributed by atoms with E-state index in [9.17, 15) is 9.59 Å². The van der Waals surface area contributed by atoms with Crippen molar-refractivity contribution in [3.63, 3.8) is 0 Å². The van der Waals surface area contributed by atoms with E-state index in [-0.39, 0.29) is 11.6 Å². The van der Waals surface area contributed by atoms with Crippen LogP contribution in [0.2, 0.25) is 0 Å². The molecule has 2 aliphatic rings. The number of amides is 1. The Hall–Kier alpha value is -2.08. The van der Waals surface area contributed by atoms with Gasteiger partial charge >= 0.3 is 0 Å². The fraction of sp³-hybridized carbons (Fsp3) is 0.556. The first-order valence-electron chi connectivity index (χ1n) is 8.92. The van der Waals surface area contributed by atoms with Gasteiger partial charge in [0.05, 0.1) is 22.5 Å². The van der Waals surface area contributed by atoms with E-state index < -0.39 is 5.91 Å². The first-order chi connectivity index (χ1) is 11.6. The standard InChI is InChI=1S/C18H24N4O2/c19-17(23)14-6-3-7-15-16(14)18(24)22(20-15)13-8-10-21(11-9-13)12-4-1-2-5-12/h3,6-7,12-13,20H,1-2,4-5,8-11H2,(H2,19,23). The number of nitrogens with two attached hydrogens (primary N) is 1. The summed E-state index contributed by atoms with van der Waals surface area (Å²) < 4.78 is 1.71. The van der Waals surface area contributed by atoms with Crippen LogP contribution < -0.4 is 11.3 Å². The number of hydrogen-bond donors (Lipinski definition) is 2. The summed E-state index contributed by atoms with van der Waals surface area (Å²) in [5.74, 6) is -0.556. The van der Waals surface area contributed by atoms with Crippen LogP contribution in [0.25, 0.3) is 10.9 Å². The number of piperidine rings is 1. The summed E-state index contributed by atoms with van der Waals surface area (Å²) in [4.78, 5) is 27.0. The smallest absolute Gasteiger partial charge is 0.275 e. The van der Waals surface area contributed by atoms with Crippen LogP contribution in [0.4, 0.5) is 0 Å². The van der Waals surface area contributed by atoms with Gasteiger partial charge in [0.2, 0.25) is 5.91 Å². The number of aromatic nitrogens is 2. The van der Waals surface area contributed by atoms with E-state index in [0.29, 0.717) is 16.5 Å². The number of primary amides is 1. The highest BCUT2D eigenvalue weighted by Gasteiger charge is 2.29. The molecular formula is C18H24N4O2. The van der Waals surface area contributed by atoms with Crippen molar-refractivity contribution in [1.29, 1.82) is 0 Å². The molecule has 0 radical (unpaired) electrons. The minimum Gasteiger partial charge on any atom is -0.366 e. The Morgan fingerprint density at radius 3 is 2.46 bits per heavy atom. The van der Waals surface area contributed by atoms with Crippen molar-refractivity contribution in [2.45, 2.75) is 50.6 Å². The normalized spacial score (nSPS) is 20.8. The van der Waals surface area contributed by atoms with Gasteiger partial charge in [0.25, 0.3) is 5.56 Å². The number of fused-ring (bicyclic) bond motifs is 1. The van der Waals surface area contributed by atoms with E-state index in [4.69, 9.17) is 5.73 Å². The number of carbonyl (C=O) groups excluding carboxylic acids is 1. The number of nitrogens with zero attached hydrogens (tertiary/aromatic N) is 2. The Balaban J connectivity index is 1.59. The molecule has 1 saturated carbocycles. The van der Waals surface area contributed by atoms with Gasteiger partial charge in [0.1, 0.15) is 0 Å². The number of carbonyl (C=O) groups is 1. The highest BCUT2D eigenvalue weighted by Crippen LogP contribution is 2.29. The molecule has 1 aromatic carbocycles. The molecule has 0 bridgehead atoms. The van der Waals surface area contributed by atoms with Crippen molar-refractivity contribution in [3.05, 3.63) is 34.1 Å². The van der Waals surface area contributed by atoms with Crippen molar-refractivity contribution >= 4 is 16.8 Å². The Morgan fingerprint density at radius 2 is 1.79 bits per heavy atom. The maximum Gasteiger partial charge on any atom is 0.275 e. The molecule has 6 heteroatoms. The van der Waals surface area contributed by atoms with Gasteiger partial charge in [-0.2, -0.15) is 0 Å². The van der Waals surface area contributed by atoms with Gasteiger partial charge in [-0.3, -0.25) is 14.7 Å². The Bertz CT molecular complexity index is 808. The third kappa shape index (κ3) is 2.55. The summed E-state index contributed by atoms with van der Waals surface area (Å²) in [6.45, 7) is 2.08. The van der Waals surface area contributed by atoms with E-state index in [1.165, 1.54) is 25.7 Å². The summed E-state index contributed by atoms with van der Waals surface area (Å²) in [6, 6.07) is 6.11. The third-order valence-corrected chi connectivity index (χ3v) is 5.71. The molecule has 1 saturated heterocycles. The molecule has 0 unspecified atom stereocenters. The SMILES string of the molecule is NC(=O)c1cccc2[nH]n(C3CCN(C4CCCC4)CC3)c(=O)c12. The monoisotopic (exact) mass is 328 g/mol. The highest BCUT2D eigenvalue weighted by atomic mass is 16.1. The fourth-order valence-electron chi connectivity index (χ4n) is 4.42. The molecule has 24 heavy (non-hydrogen) atoms. The van der Waals surface area contributed by atoms with Crippen molar-refractivity contribution < 1.29 is 4.79 Å². The molecule has 2 aromatic rings. The van der Waals surface area contributed by atoms with Crippen molar-refractivity contribution in [2.24, 2.45) is 5.73 Å². The predicted molar refractivity (Wildman–Crippen MR) is 93.2 cm³/mol. The second-order valence-electron chi connectivity index (χ2n) is 7.08. The third-order valence-electron chi connectivity index (χ3n) is 5.71. The fourth-order valence-corrected chi connectivity index (χ4v) is 4.42. The highest BCUT2D eigenvalue weighted by molar-refractivity contribution is 6.05. The van der Waals surface area contributed by atoms with E-state index >= 15 is 0 Å². The molecular weight excluding hydrogens is 304 g/mol. The molecule has 4 rings (SSSR count). The first kappa shape index (κ1) is 15.4. The lowest BCUT2D eigenvalue weighted by atomic mass is 10.0. The number of aromatic amines is 1. The Morgan fingerprint density at radius 1 is 1.08 bits per heavy atom. The molecule has 128 valence electrons. The molecule has 0 atom stereocenters. The molecule has 1 aliphatic carbocycles. The molecule has 2 heterocycles. The molecule has 0 spiro atoms. The topological polar surface area (TPSA) is 84.1 Å². The van der Waals surface area contributed by atoms with Crippen LogP contribution in [0.5, 0.6) is 0 Å². The van der Waals surface area contributed by atoms with Crippen LogP contribution in [0, 0.1) is 0 Å². The minimum atomic E-state index is -0.556. The van der Waals surface area contributed by atoms with Gasteiger partial charge in [-0.15, -0.1) is 0 Å². The van der Waals surface area contributed by atoms with E-state index in [1.807, 2.05) is 6.07 Å². The van der Waals surface area contributed by atoms with Crippen LogP contribution in [0.1, 0.15) is 54.9 Å². The van der Waals surface area contributed by atoms with Crippen LogP contribution in [-0.2, 0) is 0 Å². The first-order valence-corrected chi connectivity index (χ1v) is 8.92. The summed E-state index contributed by atoms with van der Waals surface area (Å²) in [6.07, 6.45) is 7.27. The van der Waals surface area contributed by atoms with Crippen molar-refractivity contribution in [2.75, 3.05) is 13.1 Å². The molecule has 3 N–H and O–H groups in total. The predicted octanol–water partition coefficient (Wildman–Crippen LogP) is 2.01. The second-order valence-corrected chi connectivity index (χ2v) is 7.08. The minimum absolute atomic E-state index is 0.126. The second kappa shape index (κ2) is 6.09. The van der Waals surface area contributed by atoms with E-state index in [1.54, 1.807) is 16.8 Å². The number of hydrogen-bond acceptors (Lipinski definition) is 3. The molecule has 1 aromatic heterocycles. The molecule has 6 nitrogen and oxygen atoms in total. The average Bonchev–Trinajstić information content (AvgIpc) is 3.23. The molecule has 1 aliphatic heterocycles. The quantitative estimate of drug-likeness (QED) is 0.904. The zero-order chi connectivity index (χ0) is 16.7. The molecule has 1 amide bonds. The largest absolute Gasteiger partial charge is 0.366 e. The van der Waals surface area contributed by atoms with Gasteiger partial charge in [-0.1, -0.05) is 18.9 Å². The van der Waals surface area contributed by atoms with Crippen LogP contribution >= 0.6 is 0 Å². The lowest BCUT2D eigenvalue weighted by Gasteiger charge is -2.36. The van der Waals surface area contributed by atoms with Gasteiger partial charge < -0.3 is 10.6 Å². The summed E-state index contributed by atoms with van der Waals surface area (Å²) in [5, 5.41) is 3.61. The zero-order valence-corrected chi connectivity index (χ0v) is 13.8. The van der Waals surface area contributed by atoms with E-state index in [2.05, 4.69) is 10.00 Å². The Labute approximate surface area is 140 Å². The lowest BCUT2D eigenvalue weighted by molar-refractivity contribution is 0.100. The number of benzene rings is 1. The number of nitrogens with one attached hydrogen (secondary N) is 1. The average molecular weight is 328 g/mol. The number of rotatable bonds is 3. The van der Waals surface area contributed by atoms with Crippen molar-refractivity contribution in [3.8, 4) is 0 Å². The van der Waals surface area contributed by atoms with Crippen LogP contribution in [-0.4, -0.2) is 39.7 Å². The zero-order valence-electron chi connectivity index (χ0n) is 13.8. The summed E-state index contributed by atoms with van der Waals surface area (Å²) in [5.41, 5.74) is 6.28. The van der Waals surface area contributed by atoms with Gasteiger partial charge in [0, 0.05) is 19.1 Å². The lowest BCUT2D eigenvalue weighted by Crippen LogP contribution is -2.42. The van der Waals surface area contributed by atoms with Gasteiger partial charge in [-0.05, 0) is 37.8 Å². The van der Waals surface area contributed by atoms with E-state index in [0.717, 1.165) is 32.0 Å². The maximum atomic E-state index is 12.8.